The summed E-state index contributed by atoms with van der Waals surface area (Å²) < 4.78 is 12.7. The molecule has 2 fully saturated rings. The maximum atomic E-state index is 13.1. The Bertz CT molecular complexity index is 694. The molecular formula is C24H40N2O3Si. The number of hydrogen-bond acceptors (Lipinski definition) is 4. The fraction of sp³-hybridized carbons (Fsp3) is 0.708. The molecule has 1 aromatic rings. The molecule has 0 spiro atoms. The van der Waals surface area contributed by atoms with E-state index in [1.807, 2.05) is 25.7 Å². The molecule has 3 atom stereocenters. The van der Waals surface area contributed by atoms with Gasteiger partial charge < -0.3 is 9.16 Å². The van der Waals surface area contributed by atoms with Gasteiger partial charge in [-0.05, 0) is 50.9 Å². The molecule has 6 heteroatoms. The molecule has 5 nitrogen and oxygen atoms in total. The largest absolute Gasteiger partial charge is 0.444 e. The monoisotopic (exact) mass is 432 g/mol. The Morgan fingerprint density at radius 2 is 1.70 bits per heavy atom. The second-order valence-electron chi connectivity index (χ2n) is 9.92. The van der Waals surface area contributed by atoms with Crippen LogP contribution in [-0.4, -0.2) is 61.1 Å². The van der Waals surface area contributed by atoms with Crippen molar-refractivity contribution in [3.63, 3.8) is 0 Å². The molecule has 0 saturated carbocycles. The Morgan fingerprint density at radius 3 is 2.27 bits per heavy atom. The molecule has 0 radical (unpaired) electrons. The van der Waals surface area contributed by atoms with Crippen LogP contribution in [0.2, 0.25) is 18.1 Å². The molecule has 3 unspecified atom stereocenters. The summed E-state index contributed by atoms with van der Waals surface area (Å²) in [4.78, 5) is 17.6. The number of carbonyl (C=O) groups excluding carboxylic acids is 1. The van der Waals surface area contributed by atoms with Crippen LogP contribution in [0.15, 0.2) is 30.3 Å². The number of hydrogen-bond donors (Lipinski definition) is 0. The molecule has 168 valence electrons. The highest BCUT2D eigenvalue weighted by Gasteiger charge is 2.52. The summed E-state index contributed by atoms with van der Waals surface area (Å²) in [5, 5.41) is 0. The van der Waals surface area contributed by atoms with Crippen molar-refractivity contribution in [3.05, 3.63) is 35.9 Å². The van der Waals surface area contributed by atoms with E-state index in [0.29, 0.717) is 0 Å². The standard InChI is InChI=1S/C24H40N2O3Si/c1-7-30(8-2,9-3)29-22-15-20-17-25(16-19-13-11-10-12-14-19)18-21(22)26(20)23(27)28-24(4,5)6/h10-14,20-22H,7-9,15-18H2,1-6H3. The number of likely N-dealkylation sites (tertiary alicyclic amines) is 1. The summed E-state index contributed by atoms with van der Waals surface area (Å²) in [6.45, 7) is 15.3. The van der Waals surface area contributed by atoms with Crippen molar-refractivity contribution >= 4 is 14.4 Å². The Hall–Kier alpha value is -1.37. The van der Waals surface area contributed by atoms with Gasteiger partial charge in [0.05, 0.1) is 18.2 Å². The topological polar surface area (TPSA) is 42.0 Å². The van der Waals surface area contributed by atoms with E-state index in [4.69, 9.17) is 9.16 Å². The zero-order valence-corrected chi connectivity index (χ0v) is 20.7. The van der Waals surface area contributed by atoms with Crippen molar-refractivity contribution in [1.82, 2.24) is 9.80 Å². The maximum absolute atomic E-state index is 13.1. The highest BCUT2D eigenvalue weighted by molar-refractivity contribution is 6.73. The molecule has 2 aliphatic rings. The number of nitrogens with zero attached hydrogens (tertiary/aromatic N) is 2. The Balaban J connectivity index is 1.80. The smallest absolute Gasteiger partial charge is 0.410 e. The van der Waals surface area contributed by atoms with Crippen molar-refractivity contribution in [1.29, 1.82) is 0 Å². The Labute approximate surface area is 183 Å². The van der Waals surface area contributed by atoms with Crippen LogP contribution in [0.4, 0.5) is 4.79 Å². The fourth-order valence-corrected chi connectivity index (χ4v) is 7.91. The predicted octanol–water partition coefficient (Wildman–Crippen LogP) is 5.27. The van der Waals surface area contributed by atoms with Crippen molar-refractivity contribution in [3.8, 4) is 0 Å². The molecule has 3 rings (SSSR count). The summed E-state index contributed by atoms with van der Waals surface area (Å²) in [7, 11) is -1.75. The van der Waals surface area contributed by atoms with E-state index in [-0.39, 0.29) is 24.3 Å². The molecule has 2 saturated heterocycles. The first-order chi connectivity index (χ1) is 14.2. The lowest BCUT2D eigenvalue weighted by atomic mass is 10.1. The number of piperazine rings is 1. The molecule has 2 heterocycles. The van der Waals surface area contributed by atoms with E-state index in [1.165, 1.54) is 5.56 Å². The van der Waals surface area contributed by atoms with Crippen LogP contribution in [-0.2, 0) is 15.7 Å². The minimum absolute atomic E-state index is 0.0684. The first-order valence-corrected chi connectivity index (χ1v) is 14.2. The zero-order chi connectivity index (χ0) is 21.9. The average Bonchev–Trinajstić information content (AvgIpc) is 2.92. The van der Waals surface area contributed by atoms with Gasteiger partial charge in [-0.25, -0.2) is 4.79 Å². The van der Waals surface area contributed by atoms with Gasteiger partial charge in [-0.2, -0.15) is 0 Å². The van der Waals surface area contributed by atoms with Crippen LogP contribution in [0, 0.1) is 0 Å². The molecule has 2 aliphatic heterocycles. The van der Waals surface area contributed by atoms with E-state index < -0.39 is 13.9 Å². The molecule has 0 aliphatic carbocycles. The van der Waals surface area contributed by atoms with Crippen molar-refractivity contribution in [2.75, 3.05) is 13.1 Å². The molecule has 1 aromatic carbocycles. The third-order valence-corrected chi connectivity index (χ3v) is 11.5. The second kappa shape index (κ2) is 9.41. The average molecular weight is 433 g/mol. The van der Waals surface area contributed by atoms with Crippen LogP contribution >= 0.6 is 0 Å². The number of amides is 1. The number of fused-ring (bicyclic) bond motifs is 2. The van der Waals surface area contributed by atoms with Gasteiger partial charge in [0.1, 0.15) is 5.60 Å². The fourth-order valence-electron chi connectivity index (χ4n) is 5.01. The van der Waals surface area contributed by atoms with Crippen LogP contribution in [0.25, 0.3) is 0 Å². The third-order valence-electron chi connectivity index (χ3n) is 6.79. The van der Waals surface area contributed by atoms with Gasteiger partial charge in [-0.3, -0.25) is 9.80 Å². The number of carbonyl (C=O) groups is 1. The van der Waals surface area contributed by atoms with Crippen molar-refractivity contribution in [2.24, 2.45) is 0 Å². The van der Waals surface area contributed by atoms with E-state index >= 15 is 0 Å². The lowest BCUT2D eigenvalue weighted by Gasteiger charge is -2.42. The van der Waals surface area contributed by atoms with Crippen LogP contribution in [0.3, 0.4) is 0 Å². The number of rotatable bonds is 7. The molecule has 1 amide bonds. The minimum Gasteiger partial charge on any atom is -0.444 e. The quantitative estimate of drug-likeness (QED) is 0.550. The molecular weight excluding hydrogens is 392 g/mol. The summed E-state index contributed by atoms with van der Waals surface area (Å²) in [6.07, 6.45) is 0.860. The van der Waals surface area contributed by atoms with Crippen molar-refractivity contribution in [2.45, 2.75) is 96.4 Å². The van der Waals surface area contributed by atoms with Gasteiger partial charge in [-0.15, -0.1) is 0 Å². The summed E-state index contributed by atoms with van der Waals surface area (Å²) in [6, 6.07) is 14.2. The molecule has 30 heavy (non-hydrogen) atoms. The predicted molar refractivity (Wildman–Crippen MR) is 124 cm³/mol. The van der Waals surface area contributed by atoms with E-state index in [0.717, 1.165) is 44.2 Å². The van der Waals surface area contributed by atoms with Crippen LogP contribution in [0.5, 0.6) is 0 Å². The van der Waals surface area contributed by atoms with E-state index in [9.17, 15) is 4.79 Å². The summed E-state index contributed by atoms with van der Waals surface area (Å²) >= 11 is 0. The van der Waals surface area contributed by atoms with Crippen LogP contribution < -0.4 is 0 Å². The summed E-state index contributed by atoms with van der Waals surface area (Å²) in [5.74, 6) is 0. The molecule has 2 bridgehead atoms. The van der Waals surface area contributed by atoms with Gasteiger partial charge in [0.25, 0.3) is 0 Å². The lowest BCUT2D eigenvalue weighted by molar-refractivity contribution is -0.0132. The van der Waals surface area contributed by atoms with E-state index in [2.05, 4.69) is 56.0 Å². The maximum Gasteiger partial charge on any atom is 0.410 e. The van der Waals surface area contributed by atoms with E-state index in [1.54, 1.807) is 0 Å². The molecule has 0 N–H and O–H groups in total. The second-order valence-corrected chi connectivity index (χ2v) is 14.6. The van der Waals surface area contributed by atoms with Gasteiger partial charge in [0.15, 0.2) is 8.32 Å². The molecule has 0 aromatic heterocycles. The van der Waals surface area contributed by atoms with Crippen molar-refractivity contribution < 1.29 is 14.0 Å². The highest BCUT2D eigenvalue weighted by atomic mass is 28.4. The number of ether oxygens (including phenoxy) is 1. The highest BCUT2D eigenvalue weighted by Crippen LogP contribution is 2.37. The number of benzene rings is 1. The Morgan fingerprint density at radius 1 is 1.07 bits per heavy atom. The Kier molecular flexibility index (Phi) is 7.31. The van der Waals surface area contributed by atoms with Gasteiger partial charge in [0.2, 0.25) is 0 Å². The first-order valence-electron chi connectivity index (χ1n) is 11.7. The van der Waals surface area contributed by atoms with Gasteiger partial charge >= 0.3 is 6.09 Å². The lowest BCUT2D eigenvalue weighted by Crippen LogP contribution is -2.58. The first kappa shape index (κ1) is 23.3. The normalized spacial score (nSPS) is 24.9. The SMILES string of the molecule is CC[Si](CC)(CC)OC1CC2CN(Cc3ccccc3)CC1N2C(=O)OC(C)(C)C. The van der Waals surface area contributed by atoms with Crippen LogP contribution in [0.1, 0.15) is 53.5 Å². The minimum atomic E-state index is -1.75. The summed E-state index contributed by atoms with van der Waals surface area (Å²) in [5.41, 5.74) is 0.836. The van der Waals surface area contributed by atoms with Gasteiger partial charge in [-0.1, -0.05) is 51.1 Å². The van der Waals surface area contributed by atoms with Gasteiger partial charge in [0, 0.05) is 19.6 Å². The third kappa shape index (κ3) is 5.27. The zero-order valence-electron chi connectivity index (χ0n) is 19.7.